The van der Waals surface area contributed by atoms with Crippen molar-refractivity contribution in [2.45, 2.75) is 77.0 Å². The molecule has 0 saturated heterocycles. The minimum absolute atomic E-state index is 0.516. The number of aryl methyl sites for hydroxylation is 2. The highest BCUT2D eigenvalue weighted by atomic mass is 14.8. The first-order valence-corrected chi connectivity index (χ1v) is 14.8. The molecule has 5 N–H and O–H groups in total. The lowest BCUT2D eigenvalue weighted by atomic mass is 9.69. The minimum atomic E-state index is 0.516. The maximum Gasteiger partial charge on any atom is 0.0939 e. The van der Waals surface area contributed by atoms with Gasteiger partial charge in [-0.1, -0.05) is 62.2 Å². The van der Waals surface area contributed by atoms with E-state index in [1.807, 2.05) is 12.3 Å². The second-order valence-electron chi connectivity index (χ2n) is 12.1. The van der Waals surface area contributed by atoms with Crippen molar-refractivity contribution in [2.24, 2.45) is 17.8 Å². The van der Waals surface area contributed by atoms with Crippen molar-refractivity contribution in [3.05, 3.63) is 77.6 Å². The molecule has 0 aliphatic heterocycles. The molecule has 0 atom stereocenters. The summed E-state index contributed by atoms with van der Waals surface area (Å²) in [4.78, 5) is 8.66. The first kappa shape index (κ1) is 25.0. The maximum atomic E-state index is 6.59. The minimum Gasteiger partial charge on any atom is -0.398 e. The number of anilines is 2. The predicted octanol–water partition coefficient (Wildman–Crippen LogP) is 8.28. The van der Waals surface area contributed by atoms with Crippen molar-refractivity contribution in [3.63, 3.8) is 0 Å². The van der Waals surface area contributed by atoms with E-state index in [1.54, 1.807) is 0 Å². The first-order chi connectivity index (χ1) is 18.6. The molecule has 0 amide bonds. The van der Waals surface area contributed by atoms with Crippen LogP contribution in [0.25, 0.3) is 22.2 Å². The van der Waals surface area contributed by atoms with E-state index in [0.717, 1.165) is 64.1 Å². The van der Waals surface area contributed by atoms with Crippen molar-refractivity contribution in [1.29, 1.82) is 0 Å². The summed E-state index contributed by atoms with van der Waals surface area (Å²) in [5.74, 6) is 3.29. The van der Waals surface area contributed by atoms with Gasteiger partial charge in [0.2, 0.25) is 0 Å². The van der Waals surface area contributed by atoms with E-state index in [1.165, 1.54) is 68.2 Å². The van der Waals surface area contributed by atoms with Gasteiger partial charge in [0.15, 0.2) is 0 Å². The van der Waals surface area contributed by atoms with E-state index >= 15 is 0 Å². The summed E-state index contributed by atoms with van der Waals surface area (Å²) in [7, 11) is 0. The largest absolute Gasteiger partial charge is 0.398 e. The molecule has 2 aliphatic rings. The number of nitrogens with one attached hydrogen (secondary N) is 1. The number of benzene rings is 2. The van der Waals surface area contributed by atoms with Crippen LogP contribution in [0, 0.1) is 17.8 Å². The number of fused-ring (bicyclic) bond motifs is 1. The van der Waals surface area contributed by atoms with Crippen LogP contribution >= 0.6 is 0 Å². The summed E-state index contributed by atoms with van der Waals surface area (Å²) in [5.41, 5.74) is 21.8. The Labute approximate surface area is 227 Å². The quantitative estimate of drug-likeness (QED) is 0.230. The summed E-state index contributed by atoms with van der Waals surface area (Å²) >= 11 is 0. The van der Waals surface area contributed by atoms with Crippen molar-refractivity contribution in [2.75, 3.05) is 11.5 Å². The molecule has 2 fully saturated rings. The number of H-pyrrole nitrogens is 1. The van der Waals surface area contributed by atoms with Gasteiger partial charge in [0, 0.05) is 40.1 Å². The lowest BCUT2D eigenvalue weighted by molar-refractivity contribution is 0.165. The fourth-order valence-corrected chi connectivity index (χ4v) is 7.25. The van der Waals surface area contributed by atoms with Crippen LogP contribution in [0.1, 0.15) is 81.0 Å². The molecule has 2 heterocycles. The predicted molar refractivity (Wildman–Crippen MR) is 160 cm³/mol. The van der Waals surface area contributed by atoms with E-state index in [4.69, 9.17) is 16.5 Å². The Kier molecular flexibility index (Phi) is 7.14. The molecule has 4 heteroatoms. The van der Waals surface area contributed by atoms with Crippen LogP contribution < -0.4 is 11.5 Å². The van der Waals surface area contributed by atoms with Crippen molar-refractivity contribution >= 4 is 22.3 Å². The van der Waals surface area contributed by atoms with Gasteiger partial charge in [-0.3, -0.25) is 4.98 Å². The zero-order chi connectivity index (χ0) is 26.1. The Hall–Kier alpha value is -3.27. The molecule has 4 nitrogen and oxygen atoms in total. The van der Waals surface area contributed by atoms with E-state index in [0.29, 0.717) is 5.92 Å². The fourth-order valence-electron chi connectivity index (χ4n) is 7.25. The molecular weight excluding hydrogens is 464 g/mol. The molecule has 0 radical (unpaired) electrons. The Balaban J connectivity index is 1.23. The SMILES string of the molecule is CC1CCC(C2CCC(c3[nH]c(-c4ccc(CCc5ccccc5)c(N)c4)c4c(N)ccnc34)CC2)CC1. The standard InChI is InChI=1S/C34H42N4/c1-22-7-10-24(11-8-22)25-13-16-27(17-14-25)33-34-31(29(35)19-20-37-34)32(38-33)28-18-15-26(30(36)21-28)12-9-23-5-3-2-4-6-23/h2-6,15,18-22,24-25,27,38H,7-14,16-17,35-36H2,1H3. The van der Waals surface area contributed by atoms with E-state index < -0.39 is 0 Å². The third-order valence-electron chi connectivity index (χ3n) is 9.62. The van der Waals surface area contributed by atoms with Gasteiger partial charge in [-0.05, 0) is 92.4 Å². The van der Waals surface area contributed by atoms with Crippen molar-refractivity contribution < 1.29 is 0 Å². The molecule has 2 aromatic carbocycles. The highest BCUT2D eigenvalue weighted by Crippen LogP contribution is 2.46. The van der Waals surface area contributed by atoms with Gasteiger partial charge in [-0.15, -0.1) is 0 Å². The van der Waals surface area contributed by atoms with Crippen molar-refractivity contribution in [1.82, 2.24) is 9.97 Å². The molecule has 0 bridgehead atoms. The smallest absolute Gasteiger partial charge is 0.0939 e. The Bertz CT molecular complexity index is 1370. The molecule has 0 spiro atoms. The summed E-state index contributed by atoms with van der Waals surface area (Å²) in [5, 5.41) is 1.04. The molecular formula is C34H42N4. The normalized spacial score (nSPS) is 24.0. The third kappa shape index (κ3) is 5.06. The highest BCUT2D eigenvalue weighted by Gasteiger charge is 2.32. The lowest BCUT2D eigenvalue weighted by Crippen LogP contribution is -2.25. The van der Waals surface area contributed by atoms with Gasteiger partial charge < -0.3 is 16.5 Å². The lowest BCUT2D eigenvalue weighted by Gasteiger charge is -2.37. The number of hydrogen-bond acceptors (Lipinski definition) is 3. The maximum absolute atomic E-state index is 6.59. The summed E-state index contributed by atoms with van der Waals surface area (Å²) < 4.78 is 0. The van der Waals surface area contributed by atoms with Crippen LogP contribution in [-0.4, -0.2) is 9.97 Å². The first-order valence-electron chi connectivity index (χ1n) is 14.8. The van der Waals surface area contributed by atoms with Crippen LogP contribution in [0.5, 0.6) is 0 Å². The van der Waals surface area contributed by atoms with E-state index in [-0.39, 0.29) is 0 Å². The third-order valence-corrected chi connectivity index (χ3v) is 9.62. The van der Waals surface area contributed by atoms with Gasteiger partial charge >= 0.3 is 0 Å². The number of nitrogens with zero attached hydrogens (tertiary/aromatic N) is 1. The average Bonchev–Trinajstić information content (AvgIpc) is 3.34. The topological polar surface area (TPSA) is 80.7 Å². The van der Waals surface area contributed by atoms with Crippen LogP contribution in [0.3, 0.4) is 0 Å². The van der Waals surface area contributed by atoms with Crippen LogP contribution in [0.4, 0.5) is 11.4 Å². The molecule has 0 unspecified atom stereocenters. The second-order valence-corrected chi connectivity index (χ2v) is 12.1. The molecule has 2 aromatic heterocycles. The monoisotopic (exact) mass is 506 g/mol. The molecule has 4 aromatic rings. The van der Waals surface area contributed by atoms with Crippen molar-refractivity contribution in [3.8, 4) is 11.3 Å². The van der Waals surface area contributed by atoms with Crippen LogP contribution in [0.15, 0.2) is 60.8 Å². The number of aromatic nitrogens is 2. The molecule has 2 aliphatic carbocycles. The molecule has 2 saturated carbocycles. The Morgan fingerprint density at radius 3 is 2.21 bits per heavy atom. The van der Waals surface area contributed by atoms with Crippen LogP contribution in [-0.2, 0) is 12.8 Å². The van der Waals surface area contributed by atoms with Gasteiger partial charge in [-0.2, -0.15) is 0 Å². The number of nitrogens with two attached hydrogens (primary N) is 2. The zero-order valence-corrected chi connectivity index (χ0v) is 22.8. The molecule has 198 valence electrons. The van der Waals surface area contributed by atoms with Gasteiger partial charge in [-0.25, -0.2) is 0 Å². The Morgan fingerprint density at radius 2 is 1.50 bits per heavy atom. The number of nitrogen functional groups attached to an aromatic ring is 2. The van der Waals surface area contributed by atoms with Crippen LogP contribution in [0.2, 0.25) is 0 Å². The fraction of sp³-hybridized carbons (Fsp3) is 0.441. The highest BCUT2D eigenvalue weighted by molar-refractivity contribution is 6.03. The summed E-state index contributed by atoms with van der Waals surface area (Å²) in [6.07, 6.45) is 14.6. The second kappa shape index (κ2) is 10.8. The number of rotatable bonds is 6. The van der Waals surface area contributed by atoms with Gasteiger partial charge in [0.25, 0.3) is 0 Å². The average molecular weight is 507 g/mol. The van der Waals surface area contributed by atoms with E-state index in [2.05, 4.69) is 60.4 Å². The number of aromatic amines is 1. The van der Waals surface area contributed by atoms with Gasteiger partial charge in [0.05, 0.1) is 11.2 Å². The van der Waals surface area contributed by atoms with Gasteiger partial charge in [0.1, 0.15) is 0 Å². The molecule has 38 heavy (non-hydrogen) atoms. The number of hydrogen-bond donors (Lipinski definition) is 3. The Morgan fingerprint density at radius 1 is 0.789 bits per heavy atom. The zero-order valence-electron chi connectivity index (χ0n) is 22.8. The molecule has 6 rings (SSSR count). The number of pyridine rings is 1. The summed E-state index contributed by atoms with van der Waals surface area (Å²) in [6.45, 7) is 2.42. The van der Waals surface area contributed by atoms with E-state index in [9.17, 15) is 0 Å². The summed E-state index contributed by atoms with van der Waals surface area (Å²) in [6, 6.07) is 19.0.